The molecule has 630 valence electrons. The second-order valence-corrected chi connectivity index (χ2v) is 34.5. The lowest BCUT2D eigenvalue weighted by Crippen LogP contribution is -2.41. The zero-order valence-corrected chi connectivity index (χ0v) is 76.0. The molecule has 1 fully saturated rings. The molecule has 16 nitrogen and oxygen atoms in total. The van der Waals surface area contributed by atoms with Gasteiger partial charge < -0.3 is 24.3 Å². The summed E-state index contributed by atoms with van der Waals surface area (Å²) in [4.78, 5) is 50.9. The number of nitrogens with zero attached hydrogens (tertiary/aromatic N) is 11. The highest BCUT2D eigenvalue weighted by Gasteiger charge is 2.52. The third-order valence-electron chi connectivity index (χ3n) is 22.5. The monoisotopic (exact) mass is 1830 g/mol. The molecule has 0 saturated carbocycles. The van der Waals surface area contributed by atoms with Crippen LogP contribution in [0.4, 0.5) is 0 Å². The van der Waals surface area contributed by atoms with E-state index in [4.69, 9.17) is 55.9 Å². The van der Waals surface area contributed by atoms with Crippen molar-refractivity contribution in [3.8, 4) is 119 Å². The number of hydrogen-bond acceptors (Lipinski definition) is 14. The Morgan fingerprint density at radius 2 is 0.729 bits per heavy atom. The highest BCUT2D eigenvalue weighted by molar-refractivity contribution is 9.10. The molecule has 12 aromatic carbocycles. The molecule has 1 saturated heterocycles. The SMILES string of the molecule is CC1(C)OB(c2ccc3[nH]c4ccccc4c3c2)OC1(C)C.Cc1cccc(-c2ccc(-c3cc(-c4ccc5c(c4)c4ccccc4n5-c4cccc(C)n4)cc(-c4nc(-c5ccccc5)nc(-c5ccccc5)n4)c3)cc2)n1.Cc1cccc(-c2ccc(B(O)O)cc2)n1.Cc1cccc(Br)n1.Clc1cc(Br)cc(-c2nc(-c3ccccc3)nc(-c3ccccc3)n2)c1. The minimum absolute atomic E-state index is 0.313. The zero-order chi connectivity index (χ0) is 89.3. The molecule has 0 spiro atoms. The van der Waals surface area contributed by atoms with Crippen molar-refractivity contribution in [3.63, 3.8) is 0 Å². The number of rotatable bonds is 13. The number of aromatic nitrogens is 12. The standard InChI is InChI=1S/C51H36N6.C21H13BrClN3.C18H20BNO2.C12H12BNO2.C6H6BrN/c1-33-13-11-20-45(52-33)36-25-23-35(24-26-36)40-29-41(39-27-28-47-44(32-39)43-19-9-10-21-46(43)57(47)48-22-12-14-34(2)53-48)31-42(30-40)51-55-49(37-15-5-3-6-16-37)54-50(56-51)38-17-7-4-8-18-38;22-17-11-16(12-18(23)13-17)21-25-19(14-7-3-1-4-8-14)24-20(26-21)15-9-5-2-6-10-15;1-17(2)18(3,4)22-19(21-17)12-9-10-16-14(11-12)13-7-5-6-8-15(13)20-16;1-9-3-2-4-12(14-9)10-5-7-11(8-6-10)13(15)16;1-5-3-2-4-6(7)8-5/h3-32H,1-2H3;1-13H;5-11,20H,1-4H3;2-8,15-16H,1H3;2-4H,1H3. The van der Waals surface area contributed by atoms with Gasteiger partial charge in [-0.15, -0.1) is 0 Å². The molecule has 20 aromatic rings. The Morgan fingerprint density at radius 3 is 1.22 bits per heavy atom. The van der Waals surface area contributed by atoms with E-state index in [0.717, 1.165) is 149 Å². The number of fused-ring (bicyclic) bond motifs is 6. The van der Waals surface area contributed by atoms with E-state index in [1.54, 1.807) is 12.1 Å². The summed E-state index contributed by atoms with van der Waals surface area (Å²) < 4.78 is 16.3. The van der Waals surface area contributed by atoms with Crippen LogP contribution in [0, 0.1) is 27.7 Å². The van der Waals surface area contributed by atoms with Crippen LogP contribution in [0.15, 0.2) is 373 Å². The second-order valence-electron chi connectivity index (χ2n) is 32.3. The number of aromatic amines is 1. The second kappa shape index (κ2) is 38.7. The lowest BCUT2D eigenvalue weighted by molar-refractivity contribution is 0.00578. The predicted molar refractivity (Wildman–Crippen MR) is 533 cm³/mol. The first-order chi connectivity index (χ1) is 62.5. The van der Waals surface area contributed by atoms with E-state index in [0.29, 0.717) is 45.4 Å². The molecule has 21 heteroatoms. The van der Waals surface area contributed by atoms with Gasteiger partial charge in [0.25, 0.3) is 0 Å². The molecule has 0 radical (unpaired) electrons. The number of halogens is 3. The van der Waals surface area contributed by atoms with Gasteiger partial charge in [0, 0.05) is 109 Å². The van der Waals surface area contributed by atoms with E-state index in [2.05, 4.69) is 240 Å². The van der Waals surface area contributed by atoms with E-state index >= 15 is 0 Å². The van der Waals surface area contributed by atoms with Crippen LogP contribution in [0.5, 0.6) is 0 Å². The van der Waals surface area contributed by atoms with E-state index in [9.17, 15) is 0 Å². The van der Waals surface area contributed by atoms with Crippen molar-refractivity contribution >= 4 is 112 Å². The summed E-state index contributed by atoms with van der Waals surface area (Å²) in [5.41, 5.74) is 23.1. The molecule has 0 amide bonds. The van der Waals surface area contributed by atoms with Crippen molar-refractivity contribution in [2.24, 2.45) is 0 Å². The van der Waals surface area contributed by atoms with Crippen molar-refractivity contribution in [3.05, 3.63) is 401 Å². The topological polar surface area (TPSA) is 209 Å². The fourth-order valence-corrected chi connectivity index (χ4v) is 16.6. The molecule has 8 aromatic heterocycles. The van der Waals surface area contributed by atoms with Gasteiger partial charge in [-0.3, -0.25) is 14.5 Å². The lowest BCUT2D eigenvalue weighted by atomic mass is 9.78. The largest absolute Gasteiger partial charge is 0.494 e. The van der Waals surface area contributed by atoms with Gasteiger partial charge in [0.1, 0.15) is 10.4 Å². The zero-order valence-electron chi connectivity index (χ0n) is 72.1. The van der Waals surface area contributed by atoms with Crippen LogP contribution < -0.4 is 10.9 Å². The van der Waals surface area contributed by atoms with E-state index < -0.39 is 7.12 Å². The molecular formula is C108H87B2Br2ClN12O4. The van der Waals surface area contributed by atoms with Crippen molar-refractivity contribution in [2.45, 2.75) is 66.6 Å². The van der Waals surface area contributed by atoms with Gasteiger partial charge in [-0.25, -0.2) is 39.9 Å². The predicted octanol–water partition coefficient (Wildman–Crippen LogP) is 25.2. The molecular weight excluding hydrogens is 1750 g/mol. The molecule has 129 heavy (non-hydrogen) atoms. The quantitative estimate of drug-likeness (QED) is 0.0725. The van der Waals surface area contributed by atoms with Gasteiger partial charge in [-0.1, -0.05) is 276 Å². The van der Waals surface area contributed by atoms with Crippen molar-refractivity contribution in [1.82, 2.24) is 59.4 Å². The van der Waals surface area contributed by atoms with Crippen LogP contribution in [-0.2, 0) is 9.31 Å². The molecule has 1 aliphatic rings. The first kappa shape index (κ1) is 87.2. The van der Waals surface area contributed by atoms with Gasteiger partial charge in [-0.2, -0.15) is 0 Å². The molecule has 0 atom stereocenters. The Balaban J connectivity index is 0.000000133. The summed E-state index contributed by atoms with van der Waals surface area (Å²) in [5, 5.41) is 23.3. The number of aryl methyl sites for hydroxylation is 4. The molecule has 0 unspecified atom stereocenters. The molecule has 9 heterocycles. The maximum Gasteiger partial charge on any atom is 0.494 e. The number of para-hydroxylation sites is 2. The maximum absolute atomic E-state index is 8.97. The van der Waals surface area contributed by atoms with Gasteiger partial charge >= 0.3 is 14.2 Å². The molecule has 21 rings (SSSR count). The third kappa shape index (κ3) is 20.4. The van der Waals surface area contributed by atoms with Gasteiger partial charge in [0.2, 0.25) is 0 Å². The number of pyridine rings is 4. The van der Waals surface area contributed by atoms with E-state index in [1.165, 1.54) is 16.2 Å². The van der Waals surface area contributed by atoms with Crippen LogP contribution in [0.3, 0.4) is 0 Å². The van der Waals surface area contributed by atoms with Crippen LogP contribution >= 0.6 is 43.5 Å². The van der Waals surface area contributed by atoms with Crippen LogP contribution in [0.1, 0.15) is 50.5 Å². The number of benzene rings is 12. The highest BCUT2D eigenvalue weighted by Crippen LogP contribution is 2.41. The minimum Gasteiger partial charge on any atom is -0.423 e. The van der Waals surface area contributed by atoms with Crippen molar-refractivity contribution in [2.75, 3.05) is 0 Å². The van der Waals surface area contributed by atoms with Crippen LogP contribution in [-0.4, -0.2) is 94.9 Å². The summed E-state index contributed by atoms with van der Waals surface area (Å²) in [6, 6.07) is 122. The lowest BCUT2D eigenvalue weighted by Gasteiger charge is -2.32. The minimum atomic E-state index is -1.42. The van der Waals surface area contributed by atoms with E-state index in [-0.39, 0.29) is 18.3 Å². The van der Waals surface area contributed by atoms with Gasteiger partial charge in [0.15, 0.2) is 34.9 Å². The first-order valence-electron chi connectivity index (χ1n) is 42.3. The first-order valence-corrected chi connectivity index (χ1v) is 44.3. The van der Waals surface area contributed by atoms with Crippen LogP contribution in [0.2, 0.25) is 5.02 Å². The molecule has 0 aliphatic carbocycles. The smallest absolute Gasteiger partial charge is 0.423 e. The fraction of sp³-hybridized carbons (Fsp3) is 0.0926. The van der Waals surface area contributed by atoms with E-state index in [1.807, 2.05) is 234 Å². The average Bonchev–Trinajstić information content (AvgIpc) is 1.59. The van der Waals surface area contributed by atoms with Crippen molar-refractivity contribution < 1.29 is 19.4 Å². The number of nitrogens with one attached hydrogen (secondary N) is 1. The maximum atomic E-state index is 8.97. The Hall–Kier alpha value is -13.9. The number of H-pyrrole nitrogens is 1. The Bertz CT molecular complexity index is 7240. The third-order valence-corrected chi connectivity index (χ3v) is 23.6. The normalized spacial score (nSPS) is 12.4. The summed E-state index contributed by atoms with van der Waals surface area (Å²) in [5.74, 6) is 4.60. The summed E-state index contributed by atoms with van der Waals surface area (Å²) in [6.07, 6.45) is 0. The Kier molecular flexibility index (Phi) is 26.2. The molecule has 1 aliphatic heterocycles. The Morgan fingerprint density at radius 1 is 0.318 bits per heavy atom. The summed E-state index contributed by atoms with van der Waals surface area (Å²) >= 11 is 12.9. The average molecular weight is 1830 g/mol. The van der Waals surface area contributed by atoms with Gasteiger partial charge in [-0.05, 0) is 220 Å². The van der Waals surface area contributed by atoms with Gasteiger partial charge in [0.05, 0.1) is 33.6 Å². The van der Waals surface area contributed by atoms with Crippen LogP contribution in [0.25, 0.3) is 163 Å². The molecule has 3 N–H and O–H groups in total. The molecule has 0 bridgehead atoms. The summed E-state index contributed by atoms with van der Waals surface area (Å²) in [7, 11) is -1.73. The highest BCUT2D eigenvalue weighted by atomic mass is 79.9. The Labute approximate surface area is 771 Å². The van der Waals surface area contributed by atoms with Crippen molar-refractivity contribution in [1.29, 1.82) is 0 Å². The fourth-order valence-electron chi connectivity index (χ4n) is 15.3. The summed E-state index contributed by atoms with van der Waals surface area (Å²) in [6.45, 7) is 16.3. The number of hydrogen-bond donors (Lipinski definition) is 3.